The maximum atomic E-state index is 12.9. The standard InChI is InChI=1S/C23H19N3O/c1-3-26(4-2)18-11-9-16(10-12-18)13-21-22(17(14-24)15-25)19-7-5-6-8-20(19)23(21)27/h5-13H,3-4H2,1-2H3/b21-13-. The van der Waals surface area contributed by atoms with Crippen LogP contribution >= 0.6 is 0 Å². The van der Waals surface area contributed by atoms with Crippen molar-refractivity contribution in [2.45, 2.75) is 13.8 Å². The van der Waals surface area contributed by atoms with Gasteiger partial charge in [0.15, 0.2) is 5.78 Å². The van der Waals surface area contributed by atoms with Crippen LogP contribution in [0.4, 0.5) is 5.69 Å². The Morgan fingerprint density at radius 3 is 2.11 bits per heavy atom. The molecule has 0 aromatic heterocycles. The summed E-state index contributed by atoms with van der Waals surface area (Å²) < 4.78 is 0. The number of carbonyl (C=O) groups excluding carboxylic acids is 1. The van der Waals surface area contributed by atoms with Gasteiger partial charge >= 0.3 is 0 Å². The zero-order valence-electron chi connectivity index (χ0n) is 15.4. The van der Waals surface area contributed by atoms with E-state index in [0.717, 1.165) is 24.3 Å². The molecule has 0 radical (unpaired) electrons. The Hall–Kier alpha value is -3.63. The molecule has 2 aromatic carbocycles. The molecule has 4 heteroatoms. The van der Waals surface area contributed by atoms with Crippen LogP contribution in [0.3, 0.4) is 0 Å². The number of carbonyl (C=O) groups is 1. The monoisotopic (exact) mass is 353 g/mol. The molecular weight excluding hydrogens is 334 g/mol. The van der Waals surface area contributed by atoms with Crippen LogP contribution in [0.2, 0.25) is 0 Å². The van der Waals surface area contributed by atoms with Crippen LogP contribution in [-0.2, 0) is 0 Å². The lowest BCUT2D eigenvalue weighted by atomic mass is 9.98. The van der Waals surface area contributed by atoms with E-state index < -0.39 is 0 Å². The Morgan fingerprint density at radius 1 is 0.963 bits per heavy atom. The van der Waals surface area contributed by atoms with Gasteiger partial charge in [-0.05, 0) is 43.2 Å². The average molecular weight is 353 g/mol. The molecule has 4 nitrogen and oxygen atoms in total. The summed E-state index contributed by atoms with van der Waals surface area (Å²) in [5, 5.41) is 18.7. The quantitative estimate of drug-likeness (QED) is 0.594. The third-order valence-electron chi connectivity index (χ3n) is 4.76. The Bertz CT molecular complexity index is 1010. The molecule has 0 saturated heterocycles. The van der Waals surface area contributed by atoms with Crippen molar-refractivity contribution < 1.29 is 4.79 Å². The van der Waals surface area contributed by atoms with Gasteiger partial charge in [-0.25, -0.2) is 0 Å². The Labute approximate surface area is 159 Å². The molecule has 0 aliphatic heterocycles. The molecule has 0 saturated carbocycles. The summed E-state index contributed by atoms with van der Waals surface area (Å²) in [6.45, 7) is 6.06. The van der Waals surface area contributed by atoms with Crippen LogP contribution < -0.4 is 4.90 Å². The SMILES string of the molecule is CCN(CC)c1ccc(/C=C2\C(=O)c3ccccc3C2=C(C#N)C#N)cc1. The lowest BCUT2D eigenvalue weighted by Gasteiger charge is -2.20. The summed E-state index contributed by atoms with van der Waals surface area (Å²) in [5.41, 5.74) is 3.93. The number of hydrogen-bond acceptors (Lipinski definition) is 4. The number of nitrogens with zero attached hydrogens (tertiary/aromatic N) is 3. The van der Waals surface area contributed by atoms with Gasteiger partial charge in [-0.3, -0.25) is 4.79 Å². The number of anilines is 1. The summed E-state index contributed by atoms with van der Waals surface area (Å²) in [4.78, 5) is 15.1. The molecule has 0 fully saturated rings. The predicted molar refractivity (Wildman–Crippen MR) is 107 cm³/mol. The molecule has 0 heterocycles. The van der Waals surface area contributed by atoms with Gasteiger partial charge in [0.2, 0.25) is 0 Å². The van der Waals surface area contributed by atoms with Crippen molar-refractivity contribution in [2.24, 2.45) is 0 Å². The van der Waals surface area contributed by atoms with E-state index in [9.17, 15) is 15.3 Å². The van der Waals surface area contributed by atoms with E-state index >= 15 is 0 Å². The van der Waals surface area contributed by atoms with Crippen molar-refractivity contribution in [1.29, 1.82) is 10.5 Å². The van der Waals surface area contributed by atoms with E-state index in [1.54, 1.807) is 30.3 Å². The third-order valence-corrected chi connectivity index (χ3v) is 4.76. The van der Waals surface area contributed by atoms with Gasteiger partial charge in [-0.1, -0.05) is 36.4 Å². The largest absolute Gasteiger partial charge is 0.372 e. The molecule has 0 unspecified atom stereocenters. The number of hydrogen-bond donors (Lipinski definition) is 0. The minimum atomic E-state index is -0.156. The summed E-state index contributed by atoms with van der Waals surface area (Å²) >= 11 is 0. The summed E-state index contributed by atoms with van der Waals surface area (Å²) in [6.07, 6.45) is 1.76. The van der Waals surface area contributed by atoms with E-state index in [-0.39, 0.29) is 11.4 Å². The van der Waals surface area contributed by atoms with Crippen LogP contribution in [0, 0.1) is 22.7 Å². The summed E-state index contributed by atoms with van der Waals surface area (Å²) in [6, 6.07) is 18.9. The molecule has 27 heavy (non-hydrogen) atoms. The zero-order chi connectivity index (χ0) is 19.4. The molecule has 132 valence electrons. The van der Waals surface area contributed by atoms with Crippen molar-refractivity contribution >= 4 is 23.1 Å². The highest BCUT2D eigenvalue weighted by atomic mass is 16.1. The van der Waals surface area contributed by atoms with Gasteiger partial charge in [-0.2, -0.15) is 10.5 Å². The highest BCUT2D eigenvalue weighted by Gasteiger charge is 2.32. The highest BCUT2D eigenvalue weighted by Crippen LogP contribution is 2.39. The minimum absolute atomic E-state index is 0.0423. The zero-order valence-corrected chi connectivity index (χ0v) is 15.4. The molecule has 0 atom stereocenters. The van der Waals surface area contributed by atoms with Gasteiger partial charge < -0.3 is 4.90 Å². The third kappa shape index (κ3) is 3.26. The van der Waals surface area contributed by atoms with Gasteiger partial charge in [0.25, 0.3) is 0 Å². The van der Waals surface area contributed by atoms with Crippen molar-refractivity contribution in [1.82, 2.24) is 0 Å². The van der Waals surface area contributed by atoms with Crippen molar-refractivity contribution in [2.75, 3.05) is 18.0 Å². The Balaban J connectivity index is 2.10. The molecule has 3 rings (SSSR count). The molecule has 0 amide bonds. The molecule has 1 aliphatic carbocycles. The van der Waals surface area contributed by atoms with Crippen molar-refractivity contribution in [3.8, 4) is 12.1 Å². The fraction of sp³-hybridized carbons (Fsp3) is 0.174. The van der Waals surface area contributed by atoms with E-state index in [2.05, 4.69) is 18.7 Å². The minimum Gasteiger partial charge on any atom is -0.372 e. The number of benzene rings is 2. The molecule has 1 aliphatic rings. The second-order valence-corrected chi connectivity index (χ2v) is 6.17. The summed E-state index contributed by atoms with van der Waals surface area (Å²) in [5.74, 6) is -0.156. The second-order valence-electron chi connectivity index (χ2n) is 6.17. The second kappa shape index (κ2) is 7.72. The molecule has 0 N–H and O–H groups in total. The predicted octanol–water partition coefficient (Wildman–Crippen LogP) is 4.61. The van der Waals surface area contributed by atoms with E-state index in [4.69, 9.17) is 0 Å². The average Bonchev–Trinajstić information content (AvgIpc) is 2.98. The first kappa shape index (κ1) is 18.2. The fourth-order valence-corrected chi connectivity index (χ4v) is 3.38. The van der Waals surface area contributed by atoms with E-state index in [1.165, 1.54) is 0 Å². The Kier molecular flexibility index (Phi) is 5.20. The van der Waals surface area contributed by atoms with Gasteiger partial charge in [0.1, 0.15) is 17.7 Å². The van der Waals surface area contributed by atoms with Gasteiger partial charge in [-0.15, -0.1) is 0 Å². The lowest BCUT2D eigenvalue weighted by molar-refractivity contribution is 0.104. The van der Waals surface area contributed by atoms with Crippen molar-refractivity contribution in [3.05, 3.63) is 76.4 Å². The van der Waals surface area contributed by atoms with Gasteiger partial charge in [0, 0.05) is 35.5 Å². The first-order chi connectivity index (χ1) is 13.1. The maximum absolute atomic E-state index is 12.9. The molecular formula is C23H19N3O. The number of rotatable bonds is 4. The van der Waals surface area contributed by atoms with Crippen LogP contribution in [0.5, 0.6) is 0 Å². The first-order valence-electron chi connectivity index (χ1n) is 8.90. The summed E-state index contributed by atoms with van der Waals surface area (Å²) in [7, 11) is 0. The number of allylic oxidation sites excluding steroid dienone is 3. The molecule has 0 spiro atoms. The van der Waals surface area contributed by atoms with Crippen LogP contribution in [0.1, 0.15) is 35.3 Å². The smallest absolute Gasteiger partial charge is 0.194 e. The number of fused-ring (bicyclic) bond motifs is 1. The van der Waals surface area contributed by atoms with Crippen LogP contribution in [0.25, 0.3) is 11.6 Å². The fourth-order valence-electron chi connectivity index (χ4n) is 3.38. The highest BCUT2D eigenvalue weighted by molar-refractivity contribution is 6.29. The van der Waals surface area contributed by atoms with Crippen molar-refractivity contribution in [3.63, 3.8) is 0 Å². The number of Topliss-reactive ketones (excluding diaryl/α,β-unsaturated/α-hetero) is 1. The number of nitriles is 2. The Morgan fingerprint density at radius 2 is 1.56 bits per heavy atom. The topological polar surface area (TPSA) is 67.9 Å². The maximum Gasteiger partial charge on any atom is 0.194 e. The van der Waals surface area contributed by atoms with E-state index in [1.807, 2.05) is 36.4 Å². The van der Waals surface area contributed by atoms with E-state index in [0.29, 0.717) is 22.3 Å². The lowest BCUT2D eigenvalue weighted by Crippen LogP contribution is -2.21. The number of ketones is 1. The van der Waals surface area contributed by atoms with Crippen LogP contribution in [-0.4, -0.2) is 18.9 Å². The van der Waals surface area contributed by atoms with Crippen LogP contribution in [0.15, 0.2) is 59.7 Å². The normalized spacial score (nSPS) is 13.9. The molecule has 2 aromatic rings. The first-order valence-corrected chi connectivity index (χ1v) is 8.90. The molecule has 0 bridgehead atoms. The van der Waals surface area contributed by atoms with Gasteiger partial charge in [0.05, 0.1) is 0 Å².